The Morgan fingerprint density at radius 2 is 2.20 bits per heavy atom. The van der Waals surface area contributed by atoms with Gasteiger partial charge in [0.25, 0.3) is 0 Å². The maximum Gasteiger partial charge on any atom is 0.241 e. The lowest BCUT2D eigenvalue weighted by Gasteiger charge is -2.24. The number of amides is 1. The van der Waals surface area contributed by atoms with Gasteiger partial charge in [0.1, 0.15) is 5.82 Å². The van der Waals surface area contributed by atoms with E-state index in [0.29, 0.717) is 12.4 Å². The normalized spacial score (nSPS) is 10.6. The first-order valence-electron chi connectivity index (χ1n) is 6.53. The number of nitrogens with one attached hydrogen (secondary N) is 1. The van der Waals surface area contributed by atoms with Crippen molar-refractivity contribution < 1.29 is 4.79 Å². The van der Waals surface area contributed by atoms with Crippen LogP contribution < -0.4 is 10.2 Å². The molecule has 1 N–H and O–H groups in total. The molecule has 0 radical (unpaired) electrons. The summed E-state index contributed by atoms with van der Waals surface area (Å²) in [6, 6.07) is 0. The number of hydrogen-bond donors (Lipinski definition) is 1. The fourth-order valence-electron chi connectivity index (χ4n) is 1.89. The van der Waals surface area contributed by atoms with Crippen molar-refractivity contribution in [3.05, 3.63) is 18.6 Å². The number of anilines is 2. The van der Waals surface area contributed by atoms with Crippen molar-refractivity contribution in [1.82, 2.24) is 19.3 Å². The summed E-state index contributed by atoms with van der Waals surface area (Å²) >= 11 is 0. The number of fused-ring (bicyclic) bond motifs is 1. The van der Waals surface area contributed by atoms with Gasteiger partial charge in [-0.15, -0.1) is 0 Å². The van der Waals surface area contributed by atoms with Crippen molar-refractivity contribution in [2.45, 2.75) is 6.92 Å². The minimum absolute atomic E-state index is 0.0354. The molecule has 0 atom stereocenters. The van der Waals surface area contributed by atoms with E-state index in [4.69, 9.17) is 0 Å². The van der Waals surface area contributed by atoms with Gasteiger partial charge in [0.05, 0.1) is 12.7 Å². The standard InChI is InChI=1S/C13H20N6O/c1-5-18(9-11(20)17(3)4)13-12-15-6-7-19(12)8-10(14-2)16-13/h6-8,14H,5,9H2,1-4H3. The van der Waals surface area contributed by atoms with Crippen LogP contribution >= 0.6 is 0 Å². The fraction of sp³-hybridized carbons (Fsp3) is 0.462. The Hall–Kier alpha value is -2.31. The molecule has 2 heterocycles. The van der Waals surface area contributed by atoms with Crippen molar-refractivity contribution >= 4 is 23.2 Å². The van der Waals surface area contributed by atoms with Gasteiger partial charge >= 0.3 is 0 Å². The number of hydrogen-bond acceptors (Lipinski definition) is 5. The van der Waals surface area contributed by atoms with Crippen LogP contribution in [0.25, 0.3) is 5.65 Å². The number of aromatic nitrogens is 3. The number of nitrogens with zero attached hydrogens (tertiary/aromatic N) is 5. The summed E-state index contributed by atoms with van der Waals surface area (Å²) in [5.41, 5.74) is 0.748. The van der Waals surface area contributed by atoms with Crippen LogP contribution in [0.2, 0.25) is 0 Å². The Balaban J connectivity index is 2.42. The lowest BCUT2D eigenvalue weighted by atomic mass is 10.4. The van der Waals surface area contributed by atoms with E-state index in [1.807, 2.05) is 35.7 Å². The van der Waals surface area contributed by atoms with Gasteiger partial charge in [0.15, 0.2) is 11.5 Å². The second kappa shape index (κ2) is 5.77. The van der Waals surface area contributed by atoms with Crippen LogP contribution in [0.3, 0.4) is 0 Å². The van der Waals surface area contributed by atoms with Crippen LogP contribution in [0.5, 0.6) is 0 Å². The minimum Gasteiger partial charge on any atom is -0.372 e. The predicted molar refractivity (Wildman–Crippen MR) is 79.1 cm³/mol. The van der Waals surface area contributed by atoms with Crippen molar-refractivity contribution in [1.29, 1.82) is 0 Å². The monoisotopic (exact) mass is 276 g/mol. The molecule has 0 aliphatic rings. The molecule has 108 valence electrons. The summed E-state index contributed by atoms with van der Waals surface area (Å²) in [5, 5.41) is 3.02. The van der Waals surface area contributed by atoms with E-state index in [1.165, 1.54) is 0 Å². The SMILES string of the molecule is CCN(CC(=O)N(C)C)c1nc(NC)cn2ccnc12. The number of carbonyl (C=O) groups is 1. The average molecular weight is 276 g/mol. The van der Waals surface area contributed by atoms with Gasteiger partial charge in [0.2, 0.25) is 5.91 Å². The molecular weight excluding hydrogens is 256 g/mol. The quantitative estimate of drug-likeness (QED) is 0.870. The Morgan fingerprint density at radius 1 is 1.45 bits per heavy atom. The van der Waals surface area contributed by atoms with E-state index in [1.54, 1.807) is 25.2 Å². The molecule has 1 amide bonds. The van der Waals surface area contributed by atoms with E-state index >= 15 is 0 Å². The molecule has 0 fully saturated rings. The highest BCUT2D eigenvalue weighted by Crippen LogP contribution is 2.20. The smallest absolute Gasteiger partial charge is 0.241 e. The van der Waals surface area contributed by atoms with Gasteiger partial charge < -0.3 is 19.5 Å². The summed E-state index contributed by atoms with van der Waals surface area (Å²) in [6.07, 6.45) is 5.46. The molecule has 0 aromatic carbocycles. The van der Waals surface area contributed by atoms with E-state index < -0.39 is 0 Å². The molecule has 7 heteroatoms. The molecule has 0 aliphatic carbocycles. The summed E-state index contributed by atoms with van der Waals surface area (Å²) in [5.74, 6) is 1.48. The third-order valence-electron chi connectivity index (χ3n) is 3.12. The number of rotatable bonds is 5. The number of likely N-dealkylation sites (N-methyl/N-ethyl adjacent to an activating group) is 2. The van der Waals surface area contributed by atoms with Crippen LogP contribution in [-0.2, 0) is 4.79 Å². The second-order valence-corrected chi connectivity index (χ2v) is 4.66. The molecule has 7 nitrogen and oxygen atoms in total. The van der Waals surface area contributed by atoms with Gasteiger partial charge in [-0.3, -0.25) is 4.79 Å². The highest BCUT2D eigenvalue weighted by Gasteiger charge is 2.17. The van der Waals surface area contributed by atoms with E-state index in [-0.39, 0.29) is 12.5 Å². The first-order chi connectivity index (χ1) is 9.56. The maximum atomic E-state index is 11.9. The molecule has 20 heavy (non-hydrogen) atoms. The molecule has 2 rings (SSSR count). The topological polar surface area (TPSA) is 65.8 Å². The third-order valence-corrected chi connectivity index (χ3v) is 3.12. The predicted octanol–water partition coefficient (Wildman–Crippen LogP) is 0.685. The average Bonchev–Trinajstić information content (AvgIpc) is 2.91. The molecule has 2 aromatic rings. The van der Waals surface area contributed by atoms with Gasteiger partial charge in [0, 0.05) is 40.1 Å². The maximum absolute atomic E-state index is 11.9. The minimum atomic E-state index is 0.0354. The highest BCUT2D eigenvalue weighted by molar-refractivity contribution is 5.82. The first-order valence-corrected chi connectivity index (χ1v) is 6.53. The molecule has 0 spiro atoms. The molecule has 2 aromatic heterocycles. The van der Waals surface area contributed by atoms with Crippen LogP contribution in [0, 0.1) is 0 Å². The summed E-state index contributed by atoms with van der Waals surface area (Å²) in [7, 11) is 5.31. The van der Waals surface area contributed by atoms with Gasteiger partial charge in [-0.05, 0) is 6.92 Å². The number of imidazole rings is 1. The molecule has 0 saturated carbocycles. The van der Waals surface area contributed by atoms with Gasteiger partial charge in [-0.2, -0.15) is 0 Å². The van der Waals surface area contributed by atoms with E-state index in [9.17, 15) is 4.79 Å². The second-order valence-electron chi connectivity index (χ2n) is 4.66. The Labute approximate surface area is 118 Å². The lowest BCUT2D eigenvalue weighted by Crippen LogP contribution is -2.37. The van der Waals surface area contributed by atoms with Gasteiger partial charge in [-0.1, -0.05) is 0 Å². The van der Waals surface area contributed by atoms with Crippen molar-refractivity contribution in [3.63, 3.8) is 0 Å². The summed E-state index contributed by atoms with van der Waals surface area (Å²) in [4.78, 5) is 24.3. The Kier molecular flexibility index (Phi) is 4.07. The van der Waals surface area contributed by atoms with Crippen molar-refractivity contribution in [2.24, 2.45) is 0 Å². The van der Waals surface area contributed by atoms with Crippen LogP contribution in [-0.4, -0.2) is 59.4 Å². The number of carbonyl (C=O) groups excluding carboxylic acids is 1. The van der Waals surface area contributed by atoms with Crippen LogP contribution in [0.15, 0.2) is 18.6 Å². The molecule has 0 aliphatic heterocycles. The molecule has 0 bridgehead atoms. The van der Waals surface area contributed by atoms with E-state index in [2.05, 4.69) is 15.3 Å². The summed E-state index contributed by atoms with van der Waals surface area (Å²) < 4.78 is 1.90. The zero-order valence-corrected chi connectivity index (χ0v) is 12.3. The molecule has 0 unspecified atom stereocenters. The summed E-state index contributed by atoms with van der Waals surface area (Å²) in [6.45, 7) is 2.96. The largest absolute Gasteiger partial charge is 0.372 e. The van der Waals surface area contributed by atoms with Crippen LogP contribution in [0.1, 0.15) is 6.92 Å². The molecular formula is C13H20N6O. The third kappa shape index (κ3) is 2.66. The molecule has 0 saturated heterocycles. The first kappa shape index (κ1) is 14.1. The van der Waals surface area contributed by atoms with Gasteiger partial charge in [-0.25, -0.2) is 9.97 Å². The van der Waals surface area contributed by atoms with Crippen molar-refractivity contribution in [2.75, 3.05) is 44.4 Å². The van der Waals surface area contributed by atoms with Crippen molar-refractivity contribution in [3.8, 4) is 0 Å². The fourth-order valence-corrected chi connectivity index (χ4v) is 1.89. The van der Waals surface area contributed by atoms with Crippen LogP contribution in [0.4, 0.5) is 11.6 Å². The lowest BCUT2D eigenvalue weighted by molar-refractivity contribution is -0.127. The zero-order chi connectivity index (χ0) is 14.7. The Bertz CT molecular complexity index is 606. The van der Waals surface area contributed by atoms with E-state index in [0.717, 1.165) is 11.5 Å². The Morgan fingerprint density at radius 3 is 2.80 bits per heavy atom. The highest BCUT2D eigenvalue weighted by atomic mass is 16.2. The zero-order valence-electron chi connectivity index (χ0n) is 12.3.